The van der Waals surface area contributed by atoms with Crippen molar-refractivity contribution in [2.45, 2.75) is 11.3 Å². The molecule has 142 valence electrons. The number of benzene rings is 1. The lowest BCUT2D eigenvalue weighted by atomic mass is 10.3. The lowest BCUT2D eigenvalue weighted by Gasteiger charge is -2.28. The maximum atomic E-state index is 12.5. The predicted molar refractivity (Wildman–Crippen MR) is 99.2 cm³/mol. The van der Waals surface area contributed by atoms with E-state index in [1.165, 1.54) is 24.1 Å². The van der Waals surface area contributed by atoms with E-state index in [9.17, 15) is 13.2 Å². The molecule has 0 unspecified atom stereocenters. The zero-order valence-corrected chi connectivity index (χ0v) is 15.1. The smallest absolute Gasteiger partial charge is 0.406 e. The zero-order chi connectivity index (χ0) is 18.9. The largest absolute Gasteiger partial charge is 0.573 e. The quantitative estimate of drug-likeness (QED) is 0.727. The highest BCUT2D eigenvalue weighted by Crippen LogP contribution is 2.35. The summed E-state index contributed by atoms with van der Waals surface area (Å²) in [7, 11) is 0. The molecule has 1 aliphatic heterocycles. The number of hydrogen-bond donors (Lipinski definition) is 1. The summed E-state index contributed by atoms with van der Waals surface area (Å²) in [5, 5.41) is 3.32. The topological polar surface area (TPSA) is 42.3 Å². The molecule has 3 aromatic rings. The number of anilines is 1. The van der Waals surface area contributed by atoms with Crippen LogP contribution in [0.1, 0.15) is 0 Å². The van der Waals surface area contributed by atoms with Crippen LogP contribution >= 0.6 is 11.9 Å². The summed E-state index contributed by atoms with van der Waals surface area (Å²) in [5.41, 5.74) is 2.83. The van der Waals surface area contributed by atoms with Crippen LogP contribution in [0.5, 0.6) is 5.75 Å². The van der Waals surface area contributed by atoms with Crippen LogP contribution in [0.25, 0.3) is 11.0 Å². The molecule has 0 bridgehead atoms. The van der Waals surface area contributed by atoms with Crippen LogP contribution in [-0.2, 0) is 0 Å². The van der Waals surface area contributed by atoms with Gasteiger partial charge in [-0.3, -0.25) is 8.96 Å². The number of hydrogen-bond acceptors (Lipinski definition) is 5. The van der Waals surface area contributed by atoms with Crippen molar-refractivity contribution in [3.05, 3.63) is 48.8 Å². The van der Waals surface area contributed by atoms with Gasteiger partial charge in [0.05, 0.1) is 11.2 Å². The van der Waals surface area contributed by atoms with Crippen molar-refractivity contribution in [2.24, 2.45) is 0 Å². The summed E-state index contributed by atoms with van der Waals surface area (Å²) in [6.07, 6.45) is -0.964. The maximum Gasteiger partial charge on any atom is 0.573 e. The highest BCUT2D eigenvalue weighted by molar-refractivity contribution is 7.98. The number of ether oxygens (including phenoxy) is 1. The summed E-state index contributed by atoms with van der Waals surface area (Å²) in [6, 6.07) is 9.77. The summed E-state index contributed by atoms with van der Waals surface area (Å²) in [5.74, 6) is -0.232. The third-order valence-corrected chi connectivity index (χ3v) is 5.17. The van der Waals surface area contributed by atoms with Gasteiger partial charge in [-0.25, -0.2) is 0 Å². The van der Waals surface area contributed by atoms with Crippen molar-refractivity contribution in [1.29, 1.82) is 0 Å². The number of nitrogens with one attached hydrogen (secondary N) is 1. The molecule has 1 saturated heterocycles. The Morgan fingerprint density at radius 3 is 2.70 bits per heavy atom. The number of aromatic nitrogens is 2. The fourth-order valence-corrected chi connectivity index (χ4v) is 4.00. The van der Waals surface area contributed by atoms with E-state index in [4.69, 9.17) is 0 Å². The molecule has 0 amide bonds. The van der Waals surface area contributed by atoms with Crippen LogP contribution in [0.3, 0.4) is 0 Å². The molecule has 1 N–H and O–H groups in total. The molecule has 2 aromatic heterocycles. The van der Waals surface area contributed by atoms with Crippen LogP contribution in [0.2, 0.25) is 0 Å². The van der Waals surface area contributed by atoms with E-state index >= 15 is 0 Å². The van der Waals surface area contributed by atoms with Gasteiger partial charge >= 0.3 is 6.36 Å². The lowest BCUT2D eigenvalue weighted by Crippen LogP contribution is -2.43. The Bertz CT molecular complexity index is 938. The molecule has 1 aromatic carbocycles. The van der Waals surface area contributed by atoms with Gasteiger partial charge in [-0.15, -0.1) is 13.2 Å². The lowest BCUT2D eigenvalue weighted by molar-refractivity contribution is -0.274. The Morgan fingerprint density at radius 2 is 1.93 bits per heavy atom. The molecular formula is C18H17F3N4OS. The summed E-state index contributed by atoms with van der Waals surface area (Å²) >= 11 is 1.33. The van der Waals surface area contributed by atoms with Crippen LogP contribution in [0.15, 0.2) is 53.7 Å². The van der Waals surface area contributed by atoms with Gasteiger partial charge in [0.25, 0.3) is 0 Å². The van der Waals surface area contributed by atoms with Crippen LogP contribution in [0.4, 0.5) is 18.9 Å². The summed E-state index contributed by atoms with van der Waals surface area (Å²) in [4.78, 5) is 7.43. The van der Waals surface area contributed by atoms with Gasteiger partial charge in [0, 0.05) is 43.5 Å². The number of nitrogens with zero attached hydrogens (tertiary/aromatic N) is 3. The second-order valence-corrected chi connectivity index (χ2v) is 7.11. The number of halogens is 3. The first kappa shape index (κ1) is 18.0. The number of rotatable bonds is 4. The Hall–Kier alpha value is -2.39. The van der Waals surface area contributed by atoms with E-state index in [0.29, 0.717) is 4.90 Å². The van der Waals surface area contributed by atoms with E-state index in [-0.39, 0.29) is 5.75 Å². The normalized spacial score (nSPS) is 15.3. The second kappa shape index (κ2) is 7.32. The van der Waals surface area contributed by atoms with Gasteiger partial charge in [-0.2, -0.15) is 0 Å². The van der Waals surface area contributed by atoms with E-state index in [1.54, 1.807) is 18.3 Å². The molecule has 0 atom stereocenters. The van der Waals surface area contributed by atoms with Gasteiger partial charge < -0.3 is 15.0 Å². The van der Waals surface area contributed by atoms with Crippen molar-refractivity contribution in [1.82, 2.24) is 14.3 Å². The monoisotopic (exact) mass is 394 g/mol. The molecule has 9 heteroatoms. The Labute approximate surface area is 158 Å². The molecule has 1 aliphatic rings. The number of pyridine rings is 1. The average molecular weight is 394 g/mol. The molecule has 0 saturated carbocycles. The first-order chi connectivity index (χ1) is 13.0. The van der Waals surface area contributed by atoms with Crippen LogP contribution in [-0.4, -0.2) is 41.5 Å². The SMILES string of the molecule is FC(F)(F)Oc1cccc(Sn2cc(N3CCNCC3)c3ncccc32)c1. The third-order valence-electron chi connectivity index (χ3n) is 4.21. The first-order valence-corrected chi connectivity index (χ1v) is 9.23. The minimum Gasteiger partial charge on any atom is -0.406 e. The third kappa shape index (κ3) is 4.14. The summed E-state index contributed by atoms with van der Waals surface area (Å²) < 4.78 is 43.3. The number of piperazine rings is 1. The molecule has 1 fully saturated rings. The number of alkyl halides is 3. The number of fused-ring (bicyclic) bond motifs is 1. The maximum absolute atomic E-state index is 12.5. The Balaban J connectivity index is 1.65. The highest BCUT2D eigenvalue weighted by Gasteiger charge is 2.31. The Kier molecular flexibility index (Phi) is 4.88. The van der Waals surface area contributed by atoms with E-state index < -0.39 is 6.36 Å². The van der Waals surface area contributed by atoms with Crippen LogP contribution in [0, 0.1) is 0 Å². The average Bonchev–Trinajstić information content (AvgIpc) is 3.00. The molecule has 27 heavy (non-hydrogen) atoms. The zero-order valence-electron chi connectivity index (χ0n) is 14.2. The van der Waals surface area contributed by atoms with Crippen molar-refractivity contribution in [3.8, 4) is 5.75 Å². The Morgan fingerprint density at radius 1 is 1.11 bits per heavy atom. The molecular weight excluding hydrogens is 377 g/mol. The van der Waals surface area contributed by atoms with Crippen molar-refractivity contribution in [3.63, 3.8) is 0 Å². The van der Waals surface area contributed by atoms with E-state index in [1.807, 2.05) is 22.3 Å². The van der Waals surface area contributed by atoms with Gasteiger partial charge in [-0.1, -0.05) is 6.07 Å². The van der Waals surface area contributed by atoms with Gasteiger partial charge in [0.15, 0.2) is 0 Å². The molecule has 0 spiro atoms. The molecule has 0 radical (unpaired) electrons. The molecule has 5 nitrogen and oxygen atoms in total. The van der Waals surface area contributed by atoms with Crippen molar-refractivity contribution < 1.29 is 17.9 Å². The predicted octanol–water partition coefficient (Wildman–Crippen LogP) is 3.90. The second-order valence-electron chi connectivity index (χ2n) is 6.06. The molecule has 4 rings (SSSR count). The van der Waals surface area contributed by atoms with Crippen molar-refractivity contribution >= 4 is 28.7 Å². The minimum atomic E-state index is -4.71. The van der Waals surface area contributed by atoms with Gasteiger partial charge in [0.2, 0.25) is 0 Å². The van der Waals surface area contributed by atoms with Gasteiger partial charge in [-0.05, 0) is 42.3 Å². The highest BCUT2D eigenvalue weighted by atomic mass is 32.2. The van der Waals surface area contributed by atoms with Crippen LogP contribution < -0.4 is 15.0 Å². The molecule has 3 heterocycles. The van der Waals surface area contributed by atoms with E-state index in [2.05, 4.69) is 19.9 Å². The fourth-order valence-electron chi connectivity index (χ4n) is 3.07. The fraction of sp³-hybridized carbons (Fsp3) is 0.278. The van der Waals surface area contributed by atoms with E-state index in [0.717, 1.165) is 42.9 Å². The van der Waals surface area contributed by atoms with Crippen molar-refractivity contribution in [2.75, 3.05) is 31.1 Å². The minimum absolute atomic E-state index is 0.232. The standard InChI is InChI=1S/C18H17F3N4OS/c19-18(20,21)26-13-3-1-4-14(11-13)27-25-12-16(24-9-7-22-8-10-24)17-15(25)5-2-6-23-17/h1-6,11-12,22H,7-10H2. The molecule has 0 aliphatic carbocycles. The summed E-state index contributed by atoms with van der Waals surface area (Å²) in [6.45, 7) is 3.58. The first-order valence-electron chi connectivity index (χ1n) is 8.45. The van der Waals surface area contributed by atoms with Gasteiger partial charge in [0.1, 0.15) is 11.3 Å².